The maximum absolute atomic E-state index is 14.4. The molecule has 5 aliphatic rings. The van der Waals surface area contributed by atoms with Crippen LogP contribution in [0.5, 0.6) is 0 Å². The zero-order valence-electron chi connectivity index (χ0n) is 23.7. The predicted octanol–water partition coefficient (Wildman–Crippen LogP) is 6.31. The number of hydrogen-bond donors (Lipinski definition) is 2. The van der Waals surface area contributed by atoms with Crippen LogP contribution in [0.1, 0.15) is 99.8 Å². The van der Waals surface area contributed by atoms with Gasteiger partial charge in [-0.05, 0) is 84.4 Å². The van der Waals surface area contributed by atoms with E-state index in [1.54, 1.807) is 0 Å². The second-order valence-corrected chi connectivity index (χ2v) is 15.3. The van der Waals surface area contributed by atoms with Gasteiger partial charge in [-0.3, -0.25) is 9.59 Å². The Bertz CT molecular complexity index is 1150. The lowest BCUT2D eigenvalue weighted by atomic mass is 9.32. The number of allylic oxidation sites excluding steroid dienone is 2. The molecule has 6 nitrogen and oxygen atoms in total. The minimum Gasteiger partial charge on any atom is -0.465 e. The van der Waals surface area contributed by atoms with Crippen LogP contribution in [0.2, 0.25) is 0 Å². The third-order valence-electron chi connectivity index (χ3n) is 12.8. The summed E-state index contributed by atoms with van der Waals surface area (Å²) in [4.78, 5) is 39.6. The highest BCUT2D eigenvalue weighted by atomic mass is 16.4. The van der Waals surface area contributed by atoms with Gasteiger partial charge < -0.3 is 10.4 Å². The van der Waals surface area contributed by atoms with Crippen molar-refractivity contribution >= 4 is 17.7 Å². The quantitative estimate of drug-likeness (QED) is 0.432. The number of carbonyl (C=O) groups is 3. The lowest BCUT2D eigenvalue weighted by Crippen LogP contribution is -2.72. The van der Waals surface area contributed by atoms with E-state index < -0.39 is 22.5 Å². The van der Waals surface area contributed by atoms with Gasteiger partial charge in [0.15, 0.2) is 5.78 Å². The molecule has 4 fully saturated rings. The van der Waals surface area contributed by atoms with Gasteiger partial charge in [0.25, 0.3) is 0 Å². The van der Waals surface area contributed by atoms with Crippen LogP contribution >= 0.6 is 0 Å². The van der Waals surface area contributed by atoms with E-state index in [1.165, 1.54) is 0 Å². The van der Waals surface area contributed by atoms with E-state index in [0.717, 1.165) is 44.9 Å². The van der Waals surface area contributed by atoms with Crippen LogP contribution in [0.15, 0.2) is 11.6 Å². The average molecular weight is 509 g/mol. The van der Waals surface area contributed by atoms with E-state index in [4.69, 9.17) is 0 Å². The fourth-order valence-corrected chi connectivity index (χ4v) is 10.7. The molecule has 4 saturated carbocycles. The Morgan fingerprint density at radius 3 is 2.24 bits per heavy atom. The van der Waals surface area contributed by atoms with Gasteiger partial charge in [-0.15, -0.1) is 0 Å². The molecule has 8 atom stereocenters. The number of rotatable bonds is 1. The molecule has 0 heterocycles. The molecule has 8 unspecified atom stereocenters. The Kier molecular flexibility index (Phi) is 5.50. The zero-order chi connectivity index (χ0) is 27.4. The molecule has 5 rings (SSSR count). The molecule has 1 amide bonds. The monoisotopic (exact) mass is 508 g/mol. The summed E-state index contributed by atoms with van der Waals surface area (Å²) in [5, 5.41) is 22.6. The second-order valence-electron chi connectivity index (χ2n) is 15.3. The Hall–Kier alpha value is -2.16. The van der Waals surface area contributed by atoms with Crippen molar-refractivity contribution in [2.75, 3.05) is 0 Å². The molecular weight excluding hydrogens is 464 g/mol. The molecule has 37 heavy (non-hydrogen) atoms. The first-order chi connectivity index (χ1) is 17.0. The number of hydrogen-bond acceptors (Lipinski definition) is 4. The predicted molar refractivity (Wildman–Crippen MR) is 140 cm³/mol. The van der Waals surface area contributed by atoms with Crippen LogP contribution in [0, 0.1) is 62.1 Å². The summed E-state index contributed by atoms with van der Waals surface area (Å²) in [6.07, 6.45) is 7.36. The van der Waals surface area contributed by atoms with E-state index in [0.29, 0.717) is 6.42 Å². The van der Waals surface area contributed by atoms with Crippen molar-refractivity contribution in [3.05, 3.63) is 11.6 Å². The summed E-state index contributed by atoms with van der Waals surface area (Å²) in [5.74, 6) is 0.106. The molecule has 0 radical (unpaired) electrons. The number of nitrogens with zero attached hydrogens (tertiary/aromatic N) is 1. The highest BCUT2D eigenvalue weighted by Gasteiger charge is 2.72. The van der Waals surface area contributed by atoms with Crippen molar-refractivity contribution in [2.45, 2.75) is 105 Å². The summed E-state index contributed by atoms with van der Waals surface area (Å²) < 4.78 is 0. The number of Topliss-reactive ketones (excluding diaryl/α,β-unsaturated/α-hetero) is 2. The summed E-state index contributed by atoms with van der Waals surface area (Å²) in [6.45, 7) is 15.4. The van der Waals surface area contributed by atoms with Crippen LogP contribution in [0.25, 0.3) is 0 Å². The normalized spacial score (nSPS) is 47.8. The first-order valence-electron chi connectivity index (χ1n) is 14.2. The molecule has 0 aliphatic heterocycles. The summed E-state index contributed by atoms with van der Waals surface area (Å²) >= 11 is 0. The van der Waals surface area contributed by atoms with Gasteiger partial charge in [0.2, 0.25) is 0 Å². The van der Waals surface area contributed by atoms with Gasteiger partial charge >= 0.3 is 6.09 Å². The number of ketones is 2. The number of nitrogens with one attached hydrogen (secondary N) is 1. The molecule has 2 N–H and O–H groups in total. The summed E-state index contributed by atoms with van der Waals surface area (Å²) in [6, 6.07) is 2.18. The molecule has 0 aromatic heterocycles. The minimum atomic E-state index is -0.989. The molecule has 0 spiro atoms. The smallest absolute Gasteiger partial charge is 0.405 e. The molecule has 0 saturated heterocycles. The minimum absolute atomic E-state index is 0.0171. The Labute approximate surface area is 221 Å². The van der Waals surface area contributed by atoms with E-state index in [9.17, 15) is 24.8 Å². The first kappa shape index (κ1) is 26.4. The van der Waals surface area contributed by atoms with E-state index in [-0.39, 0.29) is 57.1 Å². The largest absolute Gasteiger partial charge is 0.465 e. The lowest BCUT2D eigenvalue weighted by molar-refractivity contribution is -0.214. The number of amides is 1. The average Bonchev–Trinajstić information content (AvgIpc) is 2.78. The van der Waals surface area contributed by atoms with Crippen molar-refractivity contribution in [3.8, 4) is 6.07 Å². The molecular formula is C31H44N2O4. The Balaban J connectivity index is 1.63. The van der Waals surface area contributed by atoms with E-state index in [1.807, 2.05) is 19.9 Å². The third kappa shape index (κ3) is 3.31. The highest BCUT2D eigenvalue weighted by Crippen LogP contribution is 2.74. The number of fused-ring (bicyclic) bond motifs is 7. The van der Waals surface area contributed by atoms with Gasteiger partial charge in [0, 0.05) is 23.3 Å². The molecule has 202 valence electrons. The fraction of sp³-hybridized carbons (Fsp3) is 0.806. The van der Waals surface area contributed by atoms with Gasteiger partial charge in [-0.25, -0.2) is 4.79 Å². The second kappa shape index (κ2) is 7.70. The highest BCUT2D eigenvalue weighted by molar-refractivity contribution is 6.04. The molecule has 5 aliphatic carbocycles. The molecule has 6 heteroatoms. The number of carbonyl (C=O) groups excluding carboxylic acids is 2. The summed E-state index contributed by atoms with van der Waals surface area (Å²) in [7, 11) is 0. The van der Waals surface area contributed by atoms with Crippen LogP contribution in [-0.2, 0) is 9.59 Å². The Morgan fingerprint density at radius 1 is 0.973 bits per heavy atom. The van der Waals surface area contributed by atoms with Crippen LogP contribution in [-0.4, -0.2) is 28.3 Å². The van der Waals surface area contributed by atoms with Gasteiger partial charge in [0.05, 0.1) is 5.57 Å². The number of carboxylic acid groups (broad SMARTS) is 1. The van der Waals surface area contributed by atoms with Crippen molar-refractivity contribution in [3.63, 3.8) is 0 Å². The molecule has 0 aromatic carbocycles. The first-order valence-corrected chi connectivity index (χ1v) is 14.2. The summed E-state index contributed by atoms with van der Waals surface area (Å²) in [5.41, 5.74) is -1.72. The standard InChI is InChI=1S/C31H44N2O4/c1-26(2)10-12-31(33-25(36)37)13-11-30(7)23(19(31)16-26)20(34)14-22-28(5)15-18(17-32)24(35)27(3,4)21(28)8-9-29(22,30)6/h15,19,21-23,33H,8-14,16H2,1-7H3,(H,36,37). The van der Waals surface area contributed by atoms with E-state index >= 15 is 0 Å². The Morgan fingerprint density at radius 2 is 1.62 bits per heavy atom. The van der Waals surface area contributed by atoms with Crippen molar-refractivity contribution in [2.24, 2.45) is 50.7 Å². The number of nitriles is 1. The van der Waals surface area contributed by atoms with Crippen LogP contribution in [0.4, 0.5) is 4.79 Å². The van der Waals surface area contributed by atoms with Crippen LogP contribution < -0.4 is 5.32 Å². The van der Waals surface area contributed by atoms with Crippen molar-refractivity contribution in [1.29, 1.82) is 5.26 Å². The lowest BCUT2D eigenvalue weighted by Gasteiger charge is -2.72. The van der Waals surface area contributed by atoms with Crippen molar-refractivity contribution in [1.82, 2.24) is 5.32 Å². The van der Waals surface area contributed by atoms with Crippen molar-refractivity contribution < 1.29 is 19.5 Å². The molecule has 0 bridgehead atoms. The van der Waals surface area contributed by atoms with Gasteiger partial charge in [-0.2, -0.15) is 5.26 Å². The van der Waals surface area contributed by atoms with Gasteiger partial charge in [0.1, 0.15) is 11.9 Å². The van der Waals surface area contributed by atoms with Gasteiger partial charge in [-0.1, -0.05) is 54.5 Å². The SMILES string of the molecule is CC1(C)CCC2(NC(=O)O)CCC3(C)C(C(=O)CC4C5(C)C=C(C#N)C(=O)C(C)(C)C5CCC43C)C2C1. The van der Waals surface area contributed by atoms with Crippen LogP contribution in [0.3, 0.4) is 0 Å². The van der Waals surface area contributed by atoms with E-state index in [2.05, 4.69) is 46.0 Å². The fourth-order valence-electron chi connectivity index (χ4n) is 10.7. The third-order valence-corrected chi connectivity index (χ3v) is 12.8. The maximum atomic E-state index is 14.4. The molecule has 0 aromatic rings. The topological polar surface area (TPSA) is 107 Å². The maximum Gasteiger partial charge on any atom is 0.405 e. The zero-order valence-corrected chi connectivity index (χ0v) is 23.7.